The van der Waals surface area contributed by atoms with Crippen LogP contribution < -0.4 is 18.9 Å². The first-order valence-corrected chi connectivity index (χ1v) is 12.7. The first kappa shape index (κ1) is 33.8. The molecule has 44 heavy (non-hydrogen) atoms. The number of aryl methyl sites for hydroxylation is 2. The summed E-state index contributed by atoms with van der Waals surface area (Å²) < 4.78 is 22.5. The molecule has 1 atom stereocenters. The number of nitro groups is 2. The molecule has 2 heterocycles. The molecule has 1 spiro atoms. The Bertz CT molecular complexity index is 1840. The Morgan fingerprint density at radius 1 is 0.886 bits per heavy atom. The van der Waals surface area contributed by atoms with Crippen LogP contribution in [0, 0.1) is 46.2 Å². The van der Waals surface area contributed by atoms with Crippen molar-refractivity contribution in [1.82, 2.24) is 0 Å². The average molecular weight is 765 g/mol. The van der Waals surface area contributed by atoms with Gasteiger partial charge in [-0.15, -0.1) is 11.6 Å². The standard InChI is InChI=1S/C28H16N2O11S.2Y/c1-14-9-19-25(12-22(14)31)37-26-13-24(40-42-41-39-23-8-7-16(29(33)34)11-21(23)30(35)36)15(2)10-20(26)28(19)18-6-4-3-5-17(18)27(32)38-28;;/h3-11,31H,1-2H3;;/q-2;;/p-1. The van der Waals surface area contributed by atoms with Gasteiger partial charge in [0.1, 0.15) is 5.60 Å². The van der Waals surface area contributed by atoms with Crippen LogP contribution in [0.2, 0.25) is 0 Å². The molecule has 4 aromatic rings. The van der Waals surface area contributed by atoms with Crippen molar-refractivity contribution in [2.75, 3.05) is 0 Å². The maximum Gasteiger partial charge on any atom is 0.337 e. The molecule has 0 bridgehead atoms. The fourth-order valence-electron chi connectivity index (χ4n) is 4.80. The van der Waals surface area contributed by atoms with Gasteiger partial charge in [0.15, 0.2) is 0 Å². The van der Waals surface area contributed by atoms with Crippen molar-refractivity contribution < 1.29 is 108 Å². The van der Waals surface area contributed by atoms with Crippen LogP contribution >= 0.6 is 12.3 Å². The predicted molar refractivity (Wildman–Crippen MR) is 141 cm³/mol. The van der Waals surface area contributed by atoms with Crippen LogP contribution in [0.25, 0.3) is 0 Å². The van der Waals surface area contributed by atoms with Crippen molar-refractivity contribution in [3.05, 3.63) is 120 Å². The van der Waals surface area contributed by atoms with E-state index in [0.717, 1.165) is 18.2 Å². The van der Waals surface area contributed by atoms with Crippen LogP contribution in [0.5, 0.6) is 28.7 Å². The number of fused-ring (bicyclic) bond motifs is 6. The van der Waals surface area contributed by atoms with Crippen molar-refractivity contribution in [2.24, 2.45) is 0 Å². The third-order valence-corrected chi connectivity index (χ3v) is 7.09. The molecule has 0 aliphatic carbocycles. The molecule has 0 amide bonds. The largest absolute Gasteiger partial charge is 0.891 e. The molecule has 2 aliphatic heterocycles. The minimum absolute atomic E-state index is 0. The molecular weight excluding hydrogens is 750 g/mol. The van der Waals surface area contributed by atoms with Crippen LogP contribution in [0.4, 0.5) is 11.4 Å². The first-order chi connectivity index (χ1) is 20.1. The van der Waals surface area contributed by atoms with E-state index in [9.17, 15) is 30.1 Å². The number of hydrogen-bond donors (Lipinski definition) is 0. The summed E-state index contributed by atoms with van der Waals surface area (Å²) in [7, 11) is 0. The van der Waals surface area contributed by atoms with E-state index in [-0.39, 0.29) is 82.7 Å². The number of hydrogen-bond acceptors (Lipinski definition) is 12. The third-order valence-electron chi connectivity index (χ3n) is 6.74. The van der Waals surface area contributed by atoms with E-state index in [1.54, 1.807) is 50.2 Å². The first-order valence-electron chi connectivity index (χ1n) is 12.0. The maximum atomic E-state index is 13.0. The number of nitrogens with zero attached hydrogens (tertiary/aromatic N) is 2. The molecule has 0 saturated heterocycles. The van der Waals surface area contributed by atoms with Gasteiger partial charge >= 0.3 is 11.7 Å². The van der Waals surface area contributed by atoms with Gasteiger partial charge in [0.25, 0.3) is 18.0 Å². The van der Waals surface area contributed by atoms with Gasteiger partial charge in [-0.2, -0.15) is 17.7 Å². The molecule has 1 unspecified atom stereocenters. The summed E-state index contributed by atoms with van der Waals surface area (Å²) in [4.78, 5) is 38.5. The summed E-state index contributed by atoms with van der Waals surface area (Å²) in [5.41, 5.74) is 0.0766. The van der Waals surface area contributed by atoms with Gasteiger partial charge in [-0.25, -0.2) is 10.5 Å². The monoisotopic (exact) mass is 765 g/mol. The van der Waals surface area contributed by atoms with Crippen molar-refractivity contribution in [1.29, 1.82) is 0 Å². The maximum absolute atomic E-state index is 13.0. The zero-order valence-electron chi connectivity index (χ0n) is 22.6. The Labute approximate surface area is 303 Å². The molecule has 2 aliphatic rings. The Balaban J connectivity index is 0.00000221. The second-order valence-corrected chi connectivity index (χ2v) is 9.67. The second-order valence-electron chi connectivity index (χ2n) is 9.24. The van der Waals surface area contributed by atoms with E-state index in [4.69, 9.17) is 22.9 Å². The molecule has 4 aromatic carbocycles. The number of carbonyl (C=O) groups excluding carboxylic acids is 1. The fraction of sp³-hybridized carbons (Fsp3) is 0.107. The van der Waals surface area contributed by atoms with Crippen molar-refractivity contribution in [2.45, 2.75) is 19.4 Å². The zero-order valence-corrected chi connectivity index (χ0v) is 29.1. The fourth-order valence-corrected chi connectivity index (χ4v) is 5.17. The smallest absolute Gasteiger partial charge is 0.337 e. The van der Waals surface area contributed by atoms with Crippen molar-refractivity contribution in [3.8, 4) is 28.7 Å². The van der Waals surface area contributed by atoms with Crippen molar-refractivity contribution >= 4 is 29.7 Å². The minimum atomic E-state index is -1.44. The number of benzene rings is 4. The average Bonchev–Trinajstić information content (AvgIpc) is 3.26. The van der Waals surface area contributed by atoms with Gasteiger partial charge in [-0.3, -0.25) is 20.2 Å². The van der Waals surface area contributed by atoms with Gasteiger partial charge < -0.3 is 23.7 Å². The van der Waals surface area contributed by atoms with Gasteiger partial charge in [0.05, 0.1) is 21.5 Å². The van der Waals surface area contributed by atoms with E-state index in [1.165, 1.54) is 0 Å². The Morgan fingerprint density at radius 2 is 1.57 bits per heavy atom. The molecule has 13 nitrogen and oxygen atoms in total. The Morgan fingerprint density at radius 3 is 2.27 bits per heavy atom. The van der Waals surface area contributed by atoms with Gasteiger partial charge in [-0.1, -0.05) is 53.6 Å². The third kappa shape index (κ3) is 5.70. The van der Waals surface area contributed by atoms with E-state index < -0.39 is 44.3 Å². The number of esters is 1. The molecule has 0 N–H and O–H groups in total. The quantitative estimate of drug-likeness (QED) is 0.0452. The van der Waals surface area contributed by atoms with E-state index in [0.29, 0.717) is 45.7 Å². The minimum Gasteiger partial charge on any atom is -0.891 e. The number of ether oxygens (including phenoxy) is 2. The van der Waals surface area contributed by atoms with E-state index in [2.05, 4.69) is 12.1 Å². The van der Waals surface area contributed by atoms with Crippen LogP contribution in [0.15, 0.2) is 54.6 Å². The number of non-ortho nitro benzene ring substituents is 1. The summed E-state index contributed by atoms with van der Waals surface area (Å²) in [5, 5.41) is 34.7. The molecule has 6 rings (SSSR count). The number of rotatable bonds is 7. The molecule has 0 aromatic heterocycles. The topological polar surface area (TPSA) is 173 Å². The molecule has 16 heteroatoms. The Hall–Kier alpha value is -3.13. The molecule has 2 radical (unpaired) electrons. The van der Waals surface area contributed by atoms with Crippen LogP contribution in [-0.2, 0) is 80.1 Å². The summed E-state index contributed by atoms with van der Waals surface area (Å²) >= 11 is 0.291. The summed E-state index contributed by atoms with van der Waals surface area (Å²) in [6, 6.07) is 18.6. The second kappa shape index (κ2) is 13.1. The van der Waals surface area contributed by atoms with E-state index in [1.807, 2.05) is 0 Å². The summed E-state index contributed by atoms with van der Waals surface area (Å²) in [6.07, 6.45) is 0. The van der Waals surface area contributed by atoms with Gasteiger partial charge in [0, 0.05) is 88.7 Å². The van der Waals surface area contributed by atoms with Crippen LogP contribution in [0.1, 0.15) is 38.2 Å². The van der Waals surface area contributed by atoms with Crippen molar-refractivity contribution in [3.63, 3.8) is 0 Å². The normalized spacial score (nSPS) is 15.4. The van der Waals surface area contributed by atoms with Crippen LogP contribution in [-0.4, -0.2) is 15.8 Å². The Kier molecular flexibility index (Phi) is 10.0. The number of nitro benzene ring substituents is 2. The predicted octanol–water partition coefficient (Wildman–Crippen LogP) is 5.31. The molecule has 0 saturated carbocycles. The van der Waals surface area contributed by atoms with E-state index >= 15 is 0 Å². The zero-order chi connectivity index (χ0) is 29.8. The summed E-state index contributed by atoms with van der Waals surface area (Å²) in [6.45, 7) is 3.32. The number of carbonyl (C=O) groups is 1. The SMILES string of the molecule is Cc1cc2c([c-]c1[O-])Oc1[c-]c(OSOOc3ccc([N+](=O)[O-])cc3[N+](=O)[O-])c(C)cc1C21OC(=O)c2ccccc21.[Y].[Y]. The molecular formula is C28H15N2O11SY2-3. The van der Waals surface area contributed by atoms with Gasteiger partial charge in [-0.05, 0) is 17.7 Å². The van der Waals surface area contributed by atoms with Crippen LogP contribution in [0.3, 0.4) is 0 Å². The molecule has 0 fully saturated rings. The summed E-state index contributed by atoms with van der Waals surface area (Å²) in [5.74, 6) is -1.07. The van der Waals surface area contributed by atoms with Gasteiger partial charge in [0.2, 0.25) is 5.75 Å². The molecule has 218 valence electrons.